The normalized spacial score (nSPS) is 23.7. The summed E-state index contributed by atoms with van der Waals surface area (Å²) in [5.41, 5.74) is 3.83. The molecule has 10 heteroatoms. The molecule has 0 saturated carbocycles. The number of piperidine rings is 1. The predicted molar refractivity (Wildman–Crippen MR) is 154 cm³/mol. The number of nitrogens with one attached hydrogen (secondary N) is 1. The second-order valence-electron chi connectivity index (χ2n) is 11.3. The van der Waals surface area contributed by atoms with Gasteiger partial charge in [0, 0.05) is 69.0 Å². The topological polar surface area (TPSA) is 83.1 Å². The van der Waals surface area contributed by atoms with Crippen LogP contribution in [0.3, 0.4) is 0 Å². The summed E-state index contributed by atoms with van der Waals surface area (Å²) in [5.74, 6) is 1.73. The smallest absolute Gasteiger partial charge is 0.254 e. The van der Waals surface area contributed by atoms with Gasteiger partial charge in [0.15, 0.2) is 0 Å². The molecule has 5 heterocycles. The van der Waals surface area contributed by atoms with E-state index in [-0.39, 0.29) is 18.1 Å². The molecule has 0 radical (unpaired) electrons. The van der Waals surface area contributed by atoms with Gasteiger partial charge in [-0.3, -0.25) is 9.69 Å². The largest absolute Gasteiger partial charge is 0.489 e. The number of rotatable bonds is 6. The fourth-order valence-corrected chi connectivity index (χ4v) is 6.67. The van der Waals surface area contributed by atoms with Gasteiger partial charge in [-0.15, -0.1) is 0 Å². The third kappa shape index (κ3) is 5.11. The SMILES string of the molecule is O=C1c2ccc(O[C@H]3CCN(Cc4ccc5nc(N6CCOCC6)ncc5c4Cl)C3)cc2CN1[C@H]1CCCNC1. The van der Waals surface area contributed by atoms with Crippen LogP contribution >= 0.6 is 11.6 Å². The Balaban J connectivity index is 0.980. The molecule has 7 rings (SSSR count). The molecule has 0 aliphatic carbocycles. The van der Waals surface area contributed by atoms with E-state index in [1.54, 1.807) is 0 Å². The van der Waals surface area contributed by atoms with Gasteiger partial charge in [-0.2, -0.15) is 0 Å². The number of aromatic nitrogens is 2. The number of carbonyl (C=O) groups excluding carboxylic acids is 1. The van der Waals surface area contributed by atoms with Crippen molar-refractivity contribution in [2.45, 2.75) is 44.5 Å². The lowest BCUT2D eigenvalue weighted by atomic mass is 10.1. The van der Waals surface area contributed by atoms with Crippen molar-refractivity contribution >= 4 is 34.4 Å². The van der Waals surface area contributed by atoms with E-state index in [1.807, 2.05) is 29.3 Å². The third-order valence-electron chi connectivity index (χ3n) is 8.61. The van der Waals surface area contributed by atoms with Gasteiger partial charge in [0.2, 0.25) is 5.95 Å². The summed E-state index contributed by atoms with van der Waals surface area (Å²) in [5, 5.41) is 5.03. The highest BCUT2D eigenvalue weighted by Gasteiger charge is 2.34. The summed E-state index contributed by atoms with van der Waals surface area (Å²) in [6.07, 6.45) is 5.09. The summed E-state index contributed by atoms with van der Waals surface area (Å²) in [6, 6.07) is 10.4. The van der Waals surface area contributed by atoms with Crippen molar-refractivity contribution in [2.24, 2.45) is 0 Å². The predicted octanol–water partition coefficient (Wildman–Crippen LogP) is 3.48. The van der Waals surface area contributed by atoms with Gasteiger partial charge in [-0.05, 0) is 61.2 Å². The number of likely N-dealkylation sites (tertiary alicyclic amines) is 1. The van der Waals surface area contributed by atoms with Crippen LogP contribution in [0, 0.1) is 0 Å². The monoisotopic (exact) mass is 562 g/mol. The van der Waals surface area contributed by atoms with Gasteiger partial charge >= 0.3 is 0 Å². The van der Waals surface area contributed by atoms with Crippen LogP contribution in [-0.2, 0) is 17.8 Å². The van der Waals surface area contributed by atoms with Crippen LogP contribution in [0.4, 0.5) is 5.95 Å². The van der Waals surface area contributed by atoms with Crippen molar-refractivity contribution in [1.82, 2.24) is 25.1 Å². The number of anilines is 1. The lowest BCUT2D eigenvalue weighted by Gasteiger charge is -2.31. The number of carbonyl (C=O) groups is 1. The van der Waals surface area contributed by atoms with Crippen LogP contribution in [-0.4, -0.2) is 90.3 Å². The molecule has 0 spiro atoms. The molecule has 1 N–H and O–H groups in total. The minimum Gasteiger partial charge on any atom is -0.489 e. The van der Waals surface area contributed by atoms with Crippen molar-refractivity contribution in [3.8, 4) is 5.75 Å². The fraction of sp³-hybridized carbons (Fsp3) is 0.500. The van der Waals surface area contributed by atoms with E-state index < -0.39 is 0 Å². The molecule has 3 saturated heterocycles. The highest BCUT2D eigenvalue weighted by atomic mass is 35.5. The van der Waals surface area contributed by atoms with Crippen LogP contribution in [0.2, 0.25) is 5.02 Å². The average Bonchev–Trinajstić information content (AvgIpc) is 3.58. The lowest BCUT2D eigenvalue weighted by Crippen LogP contribution is -2.46. The molecule has 1 aromatic heterocycles. The zero-order valence-electron chi connectivity index (χ0n) is 22.6. The highest BCUT2D eigenvalue weighted by Crippen LogP contribution is 2.32. The number of fused-ring (bicyclic) bond motifs is 2. The molecule has 210 valence electrons. The molecule has 9 nitrogen and oxygen atoms in total. The number of amides is 1. The van der Waals surface area contributed by atoms with Crippen molar-refractivity contribution in [2.75, 3.05) is 57.4 Å². The van der Waals surface area contributed by atoms with Gasteiger partial charge in [0.1, 0.15) is 11.9 Å². The zero-order valence-corrected chi connectivity index (χ0v) is 23.4. The van der Waals surface area contributed by atoms with Crippen molar-refractivity contribution in [3.63, 3.8) is 0 Å². The van der Waals surface area contributed by atoms with E-state index in [9.17, 15) is 4.79 Å². The molecular formula is C30H35ClN6O3. The van der Waals surface area contributed by atoms with Crippen molar-refractivity contribution in [1.29, 1.82) is 0 Å². The lowest BCUT2D eigenvalue weighted by molar-refractivity contribution is 0.0674. The standard InChI is InChI=1S/C30H35ClN6O3/c31-28-20(3-6-27-26(28)16-33-30(34-27)36-10-12-39-13-11-36)17-35-9-7-24(19-35)40-23-4-5-25-21(14-23)18-37(29(25)38)22-2-1-8-32-15-22/h3-6,14,16,22,24,32H,1-2,7-13,15,17-19H2/t22-,24-/m0/s1. The summed E-state index contributed by atoms with van der Waals surface area (Å²) in [4.78, 5) is 28.9. The molecule has 0 unspecified atom stereocenters. The molecule has 1 amide bonds. The van der Waals surface area contributed by atoms with Crippen LogP contribution < -0.4 is 15.0 Å². The molecule has 3 fully saturated rings. The first-order valence-corrected chi connectivity index (χ1v) is 14.8. The van der Waals surface area contributed by atoms with Gasteiger partial charge in [-0.1, -0.05) is 17.7 Å². The number of nitrogens with zero attached hydrogens (tertiary/aromatic N) is 5. The van der Waals surface area contributed by atoms with Crippen molar-refractivity contribution < 1.29 is 14.3 Å². The Hall–Kier alpha value is -2.98. The maximum atomic E-state index is 13.0. The molecule has 2 atom stereocenters. The second-order valence-corrected chi connectivity index (χ2v) is 11.6. The van der Waals surface area contributed by atoms with E-state index in [0.29, 0.717) is 19.8 Å². The summed E-state index contributed by atoms with van der Waals surface area (Å²) >= 11 is 6.85. The Morgan fingerprint density at radius 2 is 2.02 bits per heavy atom. The van der Waals surface area contributed by atoms with Gasteiger partial charge in [-0.25, -0.2) is 9.97 Å². The average molecular weight is 563 g/mol. The van der Waals surface area contributed by atoms with E-state index in [0.717, 1.165) is 109 Å². The number of morpholine rings is 1. The number of ether oxygens (including phenoxy) is 2. The summed E-state index contributed by atoms with van der Waals surface area (Å²) in [6.45, 7) is 8.12. The first-order valence-electron chi connectivity index (χ1n) is 14.4. The molecule has 0 bridgehead atoms. The second kappa shape index (κ2) is 11.1. The number of hydrogen-bond donors (Lipinski definition) is 1. The van der Waals surface area contributed by atoms with E-state index >= 15 is 0 Å². The molecule has 3 aromatic rings. The Bertz CT molecular complexity index is 1410. The number of hydrogen-bond acceptors (Lipinski definition) is 8. The Morgan fingerprint density at radius 1 is 1.12 bits per heavy atom. The van der Waals surface area contributed by atoms with E-state index in [1.165, 1.54) is 0 Å². The van der Waals surface area contributed by atoms with E-state index in [2.05, 4.69) is 32.2 Å². The van der Waals surface area contributed by atoms with E-state index in [4.69, 9.17) is 26.1 Å². The Labute approximate surface area is 239 Å². The first-order chi connectivity index (χ1) is 19.6. The van der Waals surface area contributed by atoms with Gasteiger partial charge in [0.05, 0.1) is 23.8 Å². The van der Waals surface area contributed by atoms with Crippen LogP contribution in [0.1, 0.15) is 40.7 Å². The fourth-order valence-electron chi connectivity index (χ4n) is 6.40. The number of halogens is 1. The maximum Gasteiger partial charge on any atom is 0.254 e. The van der Waals surface area contributed by atoms with Gasteiger partial charge in [0.25, 0.3) is 5.91 Å². The minimum absolute atomic E-state index is 0.104. The quantitative estimate of drug-likeness (QED) is 0.489. The first kappa shape index (κ1) is 26.0. The van der Waals surface area contributed by atoms with Crippen molar-refractivity contribution in [3.05, 3.63) is 58.2 Å². The molecular weight excluding hydrogens is 528 g/mol. The molecule has 4 aliphatic rings. The summed E-state index contributed by atoms with van der Waals surface area (Å²) < 4.78 is 11.9. The minimum atomic E-state index is 0.104. The number of benzene rings is 2. The van der Waals surface area contributed by atoms with Crippen LogP contribution in [0.5, 0.6) is 5.75 Å². The third-order valence-corrected chi connectivity index (χ3v) is 9.05. The van der Waals surface area contributed by atoms with Crippen LogP contribution in [0.25, 0.3) is 10.9 Å². The molecule has 4 aliphatic heterocycles. The highest BCUT2D eigenvalue weighted by molar-refractivity contribution is 6.36. The van der Waals surface area contributed by atoms with Gasteiger partial charge < -0.3 is 24.6 Å². The molecule has 2 aromatic carbocycles. The Kier molecular flexibility index (Phi) is 7.22. The van der Waals surface area contributed by atoms with Crippen LogP contribution in [0.15, 0.2) is 36.5 Å². The summed E-state index contributed by atoms with van der Waals surface area (Å²) in [7, 11) is 0. The molecule has 40 heavy (non-hydrogen) atoms. The maximum absolute atomic E-state index is 13.0. The zero-order chi connectivity index (χ0) is 27.1. The Morgan fingerprint density at radius 3 is 2.88 bits per heavy atom.